The smallest absolute Gasteiger partial charge is 0.206 e. The first-order valence-electron chi connectivity index (χ1n) is 6.40. The van der Waals surface area contributed by atoms with Crippen LogP contribution in [-0.2, 0) is 5.75 Å². The average Bonchev–Trinajstić information content (AvgIpc) is 3.09. The first-order valence-corrected chi connectivity index (χ1v) is 9.01. The van der Waals surface area contributed by atoms with Crippen molar-refractivity contribution in [1.82, 2.24) is 15.2 Å². The Morgan fingerprint density at radius 2 is 2.10 bits per heavy atom. The number of thioether (sulfide) groups is 1. The Morgan fingerprint density at radius 1 is 1.20 bits per heavy atom. The van der Waals surface area contributed by atoms with Crippen LogP contribution in [0.4, 0.5) is 5.13 Å². The van der Waals surface area contributed by atoms with Gasteiger partial charge in [-0.15, -0.1) is 21.5 Å². The Balaban J connectivity index is 1.62. The lowest BCUT2D eigenvalue weighted by molar-refractivity contribution is 0.951. The summed E-state index contributed by atoms with van der Waals surface area (Å²) in [7, 11) is 0. The van der Waals surface area contributed by atoms with E-state index < -0.39 is 0 Å². The summed E-state index contributed by atoms with van der Waals surface area (Å²) in [6.45, 7) is 3.08. The number of nitrogens with one attached hydrogen (secondary N) is 1. The second-order valence-electron chi connectivity index (χ2n) is 4.16. The van der Waals surface area contributed by atoms with Crippen molar-refractivity contribution in [3.63, 3.8) is 0 Å². The molecule has 0 aliphatic rings. The van der Waals surface area contributed by atoms with Gasteiger partial charge in [0, 0.05) is 6.54 Å². The Hall–Kier alpha value is -1.18. The van der Waals surface area contributed by atoms with Gasteiger partial charge in [0.2, 0.25) is 5.13 Å². The summed E-state index contributed by atoms with van der Waals surface area (Å²) in [5, 5.41) is 13.6. The van der Waals surface area contributed by atoms with Crippen LogP contribution in [0.1, 0.15) is 18.4 Å². The predicted molar refractivity (Wildman–Crippen MR) is 87.9 cm³/mol. The van der Waals surface area contributed by atoms with Crippen molar-refractivity contribution >= 4 is 49.8 Å². The van der Waals surface area contributed by atoms with Crippen LogP contribution >= 0.6 is 34.4 Å². The lowest BCUT2D eigenvalue weighted by Gasteiger charge is -1.95. The van der Waals surface area contributed by atoms with E-state index in [-0.39, 0.29) is 0 Å². The van der Waals surface area contributed by atoms with Crippen molar-refractivity contribution in [3.05, 3.63) is 29.3 Å². The Kier molecular flexibility index (Phi) is 4.49. The van der Waals surface area contributed by atoms with E-state index in [4.69, 9.17) is 0 Å². The van der Waals surface area contributed by atoms with Gasteiger partial charge in [-0.2, -0.15) is 0 Å². The third-order valence-corrected chi connectivity index (χ3v) is 5.83. The van der Waals surface area contributed by atoms with Crippen LogP contribution in [-0.4, -0.2) is 21.7 Å². The lowest BCUT2D eigenvalue weighted by Crippen LogP contribution is -1.98. The van der Waals surface area contributed by atoms with Crippen LogP contribution in [0.25, 0.3) is 10.2 Å². The number of thiazole rings is 1. The molecule has 2 aromatic heterocycles. The number of hydrogen-bond acceptors (Lipinski definition) is 7. The standard InChI is InChI=1S/C13H14N4S3/c1-2-7-14-12-16-17-13(20-12)18-8-11-15-9-5-3-4-6-10(9)19-11/h3-6H,2,7-8H2,1H3,(H,14,16). The van der Waals surface area contributed by atoms with Gasteiger partial charge in [-0.05, 0) is 18.6 Å². The van der Waals surface area contributed by atoms with E-state index >= 15 is 0 Å². The quantitative estimate of drug-likeness (QED) is 0.687. The number of anilines is 1. The molecule has 104 valence electrons. The van der Waals surface area contributed by atoms with Gasteiger partial charge in [0.15, 0.2) is 4.34 Å². The van der Waals surface area contributed by atoms with E-state index in [1.165, 1.54) is 4.70 Å². The molecule has 20 heavy (non-hydrogen) atoms. The molecular weight excluding hydrogens is 308 g/mol. The van der Waals surface area contributed by atoms with Gasteiger partial charge in [0.1, 0.15) is 5.01 Å². The number of benzene rings is 1. The first kappa shape index (κ1) is 13.8. The van der Waals surface area contributed by atoms with Gasteiger partial charge in [0.05, 0.1) is 16.0 Å². The topological polar surface area (TPSA) is 50.7 Å². The van der Waals surface area contributed by atoms with Gasteiger partial charge in [-0.3, -0.25) is 0 Å². The third-order valence-electron chi connectivity index (χ3n) is 2.59. The van der Waals surface area contributed by atoms with Crippen LogP contribution in [0.2, 0.25) is 0 Å². The molecule has 0 bridgehead atoms. The number of rotatable bonds is 6. The molecule has 0 radical (unpaired) electrons. The van der Waals surface area contributed by atoms with E-state index in [1.54, 1.807) is 34.4 Å². The highest BCUT2D eigenvalue weighted by Crippen LogP contribution is 2.31. The van der Waals surface area contributed by atoms with E-state index in [9.17, 15) is 0 Å². The highest BCUT2D eigenvalue weighted by molar-refractivity contribution is 8.00. The molecule has 4 nitrogen and oxygen atoms in total. The Labute approximate surface area is 129 Å². The van der Waals surface area contributed by atoms with Gasteiger partial charge in [-0.25, -0.2) is 4.98 Å². The zero-order chi connectivity index (χ0) is 13.8. The number of hydrogen-bond donors (Lipinski definition) is 1. The average molecular weight is 322 g/mol. The fraction of sp³-hybridized carbons (Fsp3) is 0.308. The molecule has 7 heteroatoms. The van der Waals surface area contributed by atoms with Crippen molar-refractivity contribution in [3.8, 4) is 0 Å². The first-order chi connectivity index (χ1) is 9.85. The number of fused-ring (bicyclic) bond motifs is 1. The molecule has 0 aliphatic carbocycles. The molecule has 0 atom stereocenters. The molecule has 0 saturated carbocycles. The van der Waals surface area contributed by atoms with Crippen LogP contribution in [0.5, 0.6) is 0 Å². The summed E-state index contributed by atoms with van der Waals surface area (Å²) in [6.07, 6.45) is 1.09. The van der Waals surface area contributed by atoms with E-state index in [0.29, 0.717) is 0 Å². The van der Waals surface area contributed by atoms with Crippen LogP contribution < -0.4 is 5.32 Å². The Bertz CT molecular complexity index is 659. The second kappa shape index (κ2) is 6.51. The van der Waals surface area contributed by atoms with Crippen molar-refractivity contribution < 1.29 is 0 Å². The van der Waals surface area contributed by atoms with Gasteiger partial charge in [0.25, 0.3) is 0 Å². The molecule has 0 aliphatic heterocycles. The maximum Gasteiger partial charge on any atom is 0.206 e. The minimum Gasteiger partial charge on any atom is -0.360 e. The van der Waals surface area contributed by atoms with E-state index in [2.05, 4.69) is 39.6 Å². The van der Waals surface area contributed by atoms with Crippen molar-refractivity contribution in [2.45, 2.75) is 23.4 Å². The molecule has 1 aromatic carbocycles. The normalized spacial score (nSPS) is 11.1. The molecule has 3 aromatic rings. The number of nitrogens with zero attached hydrogens (tertiary/aromatic N) is 3. The summed E-state index contributed by atoms with van der Waals surface area (Å²) in [6, 6.07) is 8.24. The van der Waals surface area contributed by atoms with Crippen LogP contribution in [0.15, 0.2) is 28.6 Å². The summed E-state index contributed by atoms with van der Waals surface area (Å²) in [5.41, 5.74) is 1.08. The summed E-state index contributed by atoms with van der Waals surface area (Å²) in [5.74, 6) is 0.849. The van der Waals surface area contributed by atoms with Crippen LogP contribution in [0, 0.1) is 0 Å². The van der Waals surface area contributed by atoms with Crippen LogP contribution in [0.3, 0.4) is 0 Å². The summed E-state index contributed by atoms with van der Waals surface area (Å²) < 4.78 is 2.23. The molecule has 2 heterocycles. The van der Waals surface area contributed by atoms with Crippen molar-refractivity contribution in [2.75, 3.05) is 11.9 Å². The third kappa shape index (κ3) is 3.28. The van der Waals surface area contributed by atoms with E-state index in [1.807, 2.05) is 12.1 Å². The van der Waals surface area contributed by atoms with E-state index in [0.717, 1.165) is 38.7 Å². The predicted octanol–water partition coefficient (Wildman–Crippen LogP) is 4.26. The molecule has 0 saturated heterocycles. The highest BCUT2D eigenvalue weighted by Gasteiger charge is 2.07. The van der Waals surface area contributed by atoms with Gasteiger partial charge < -0.3 is 5.32 Å². The monoisotopic (exact) mass is 322 g/mol. The molecule has 0 fully saturated rings. The minimum atomic E-state index is 0.849. The fourth-order valence-electron chi connectivity index (χ4n) is 1.68. The molecule has 1 N–H and O–H groups in total. The lowest BCUT2D eigenvalue weighted by atomic mass is 10.3. The van der Waals surface area contributed by atoms with Crippen molar-refractivity contribution in [2.24, 2.45) is 0 Å². The molecule has 0 spiro atoms. The zero-order valence-corrected chi connectivity index (χ0v) is 13.4. The van der Waals surface area contributed by atoms with Crippen molar-refractivity contribution in [1.29, 1.82) is 0 Å². The van der Waals surface area contributed by atoms with Gasteiger partial charge in [-0.1, -0.05) is 42.2 Å². The van der Waals surface area contributed by atoms with Gasteiger partial charge >= 0.3 is 0 Å². The number of para-hydroxylation sites is 1. The maximum absolute atomic E-state index is 4.62. The molecule has 0 amide bonds. The number of aromatic nitrogens is 3. The molecule has 3 rings (SSSR count). The second-order valence-corrected chi connectivity index (χ2v) is 7.48. The highest BCUT2D eigenvalue weighted by atomic mass is 32.2. The largest absolute Gasteiger partial charge is 0.360 e. The molecular formula is C13H14N4S3. The maximum atomic E-state index is 4.62. The summed E-state index contributed by atoms with van der Waals surface area (Å²) in [4.78, 5) is 4.62. The SMILES string of the molecule is CCCNc1nnc(SCc2nc3ccccc3s2)s1. The summed E-state index contributed by atoms with van der Waals surface area (Å²) >= 11 is 5.05. The fourth-order valence-corrected chi connectivity index (χ4v) is 4.41. The zero-order valence-electron chi connectivity index (χ0n) is 11.0. The molecule has 0 unspecified atom stereocenters. The minimum absolute atomic E-state index is 0.849. The Morgan fingerprint density at radius 3 is 2.95 bits per heavy atom.